The predicted octanol–water partition coefficient (Wildman–Crippen LogP) is 4.43. The van der Waals surface area contributed by atoms with Gasteiger partial charge in [-0.25, -0.2) is 0 Å². The van der Waals surface area contributed by atoms with Gasteiger partial charge in [0.15, 0.2) is 4.87 Å². The minimum Gasteiger partial charge on any atom is -0.435 e. The van der Waals surface area contributed by atoms with Crippen molar-refractivity contribution in [3.8, 4) is 11.5 Å². The summed E-state index contributed by atoms with van der Waals surface area (Å²) < 4.78 is 58.0. The highest BCUT2D eigenvalue weighted by Crippen LogP contribution is 2.32. The number of aryl methyl sites for hydroxylation is 2. The molecule has 0 atom stereocenters. The Morgan fingerprint density at radius 3 is 2.08 bits per heavy atom. The summed E-state index contributed by atoms with van der Waals surface area (Å²) in [6.45, 7) is -5.92. The Morgan fingerprint density at radius 1 is 0.880 bits per heavy atom. The SMILES string of the molecule is O=[N+]1Nc2ccc(OC(F)F)cc2CCc2cc(OC(F)F)ccc21. The molecule has 1 aliphatic rings. The topological polar surface area (TPSA) is 50.6 Å². The molecule has 1 heterocycles. The first-order valence-electron chi connectivity index (χ1n) is 7.32. The minimum absolute atomic E-state index is 0.0245. The van der Waals surface area contributed by atoms with Crippen molar-refractivity contribution in [2.45, 2.75) is 26.1 Å². The van der Waals surface area contributed by atoms with Crippen LogP contribution in [0.2, 0.25) is 0 Å². The van der Waals surface area contributed by atoms with Gasteiger partial charge < -0.3 is 9.47 Å². The van der Waals surface area contributed by atoms with Gasteiger partial charge in [-0.05, 0) is 48.7 Å². The molecule has 0 aliphatic carbocycles. The van der Waals surface area contributed by atoms with Gasteiger partial charge in [-0.3, -0.25) is 0 Å². The van der Waals surface area contributed by atoms with E-state index in [2.05, 4.69) is 14.9 Å². The maximum Gasteiger partial charge on any atom is 0.387 e. The van der Waals surface area contributed by atoms with Crippen molar-refractivity contribution in [3.05, 3.63) is 52.4 Å². The first-order chi connectivity index (χ1) is 11.9. The zero-order valence-corrected chi connectivity index (χ0v) is 12.7. The van der Waals surface area contributed by atoms with E-state index in [1.807, 2.05) is 0 Å². The standard InChI is InChI=1S/C16H13F4N2O3/c17-15(18)24-11-3-5-13-9(7-11)1-2-10-8-12(25-16(19)20)4-6-14(10)22(23)21-13/h3-8,15-16H,1-2H2,(H,21,23)/q+1. The molecule has 25 heavy (non-hydrogen) atoms. The van der Waals surface area contributed by atoms with Crippen molar-refractivity contribution in [1.29, 1.82) is 0 Å². The van der Waals surface area contributed by atoms with E-state index < -0.39 is 13.2 Å². The van der Waals surface area contributed by atoms with Gasteiger partial charge in [0.1, 0.15) is 17.2 Å². The van der Waals surface area contributed by atoms with E-state index in [0.717, 1.165) is 0 Å². The Kier molecular flexibility index (Phi) is 4.73. The van der Waals surface area contributed by atoms with E-state index in [4.69, 9.17) is 0 Å². The molecule has 0 saturated carbocycles. The number of nitroso groups, excluding NO2 is 1. The van der Waals surface area contributed by atoms with E-state index >= 15 is 0 Å². The number of anilines is 1. The van der Waals surface area contributed by atoms with Crippen LogP contribution in [0.15, 0.2) is 36.4 Å². The van der Waals surface area contributed by atoms with Crippen molar-refractivity contribution >= 4 is 11.4 Å². The van der Waals surface area contributed by atoms with Crippen LogP contribution in [0, 0.1) is 4.91 Å². The number of hydrogen-bond acceptors (Lipinski definition) is 3. The molecular weight excluding hydrogens is 344 g/mol. The molecule has 132 valence electrons. The predicted molar refractivity (Wildman–Crippen MR) is 80.5 cm³/mol. The van der Waals surface area contributed by atoms with Crippen LogP contribution >= 0.6 is 0 Å². The number of fused-ring (bicyclic) bond motifs is 2. The van der Waals surface area contributed by atoms with Gasteiger partial charge in [0.25, 0.3) is 5.69 Å². The molecule has 9 heteroatoms. The number of hydrazine groups is 1. The van der Waals surface area contributed by atoms with Crippen LogP contribution in [0.25, 0.3) is 0 Å². The third-order valence-electron chi connectivity index (χ3n) is 3.68. The number of nitrogens with one attached hydrogen (secondary N) is 1. The molecule has 2 aromatic rings. The van der Waals surface area contributed by atoms with Crippen LogP contribution in [0.5, 0.6) is 11.5 Å². The molecular formula is C16H13F4N2O3+. The molecule has 0 spiro atoms. The van der Waals surface area contributed by atoms with Crippen LogP contribution in [0.4, 0.5) is 28.9 Å². The monoisotopic (exact) mass is 357 g/mol. The van der Waals surface area contributed by atoms with E-state index in [0.29, 0.717) is 34.5 Å². The van der Waals surface area contributed by atoms with Gasteiger partial charge in [0.2, 0.25) is 0 Å². The minimum atomic E-state index is -2.97. The second kappa shape index (κ2) is 6.96. The zero-order valence-electron chi connectivity index (χ0n) is 12.7. The molecule has 2 aromatic carbocycles. The number of alkyl halides is 4. The number of rotatable bonds is 4. The van der Waals surface area contributed by atoms with Gasteiger partial charge >= 0.3 is 13.2 Å². The van der Waals surface area contributed by atoms with Crippen molar-refractivity contribution in [3.63, 3.8) is 0 Å². The summed E-state index contributed by atoms with van der Waals surface area (Å²) in [5.74, 6) is -0.0821. The summed E-state index contributed by atoms with van der Waals surface area (Å²) in [5, 5.41) is 0. The highest BCUT2D eigenvalue weighted by molar-refractivity contribution is 5.56. The largest absolute Gasteiger partial charge is 0.435 e. The maximum atomic E-state index is 12.3. The van der Waals surface area contributed by atoms with E-state index in [1.165, 1.54) is 36.4 Å². The Hall–Kier alpha value is -2.84. The highest BCUT2D eigenvalue weighted by Gasteiger charge is 2.25. The average Bonchev–Trinajstić information content (AvgIpc) is 2.52. The quantitative estimate of drug-likeness (QED) is 0.650. The fourth-order valence-corrected chi connectivity index (χ4v) is 2.64. The van der Waals surface area contributed by atoms with Gasteiger partial charge in [-0.15, -0.1) is 5.43 Å². The van der Waals surface area contributed by atoms with Crippen molar-refractivity contribution < 1.29 is 31.9 Å². The van der Waals surface area contributed by atoms with Gasteiger partial charge in [-0.1, -0.05) is 0 Å². The number of benzene rings is 2. The Morgan fingerprint density at radius 2 is 1.44 bits per heavy atom. The van der Waals surface area contributed by atoms with Crippen LogP contribution < -0.4 is 14.9 Å². The lowest BCUT2D eigenvalue weighted by Gasteiger charge is -2.14. The van der Waals surface area contributed by atoms with E-state index in [1.54, 1.807) is 0 Å². The summed E-state index contributed by atoms with van der Waals surface area (Å²) in [5.41, 5.74) is 4.40. The molecule has 0 aromatic heterocycles. The lowest BCUT2D eigenvalue weighted by atomic mass is 10.00. The van der Waals surface area contributed by atoms with E-state index in [-0.39, 0.29) is 17.2 Å². The third kappa shape index (κ3) is 3.98. The Labute approximate surface area is 139 Å². The molecule has 5 nitrogen and oxygen atoms in total. The number of nitrogens with zero attached hydrogens (tertiary/aromatic N) is 1. The fourth-order valence-electron chi connectivity index (χ4n) is 2.64. The smallest absolute Gasteiger partial charge is 0.387 e. The van der Waals surface area contributed by atoms with Crippen molar-refractivity contribution in [2.75, 3.05) is 5.43 Å². The lowest BCUT2D eigenvalue weighted by Crippen LogP contribution is -2.17. The summed E-state index contributed by atoms with van der Waals surface area (Å²) in [7, 11) is 0. The van der Waals surface area contributed by atoms with Gasteiger partial charge in [0.05, 0.1) is 4.91 Å². The van der Waals surface area contributed by atoms with Crippen molar-refractivity contribution in [2.24, 2.45) is 0 Å². The number of halogens is 4. The van der Waals surface area contributed by atoms with Crippen LogP contribution in [-0.4, -0.2) is 18.1 Å². The maximum absolute atomic E-state index is 12.3. The van der Waals surface area contributed by atoms with Gasteiger partial charge in [0, 0.05) is 11.6 Å². The van der Waals surface area contributed by atoms with Crippen LogP contribution in [0.1, 0.15) is 11.1 Å². The molecule has 3 rings (SSSR count). The second-order valence-corrected chi connectivity index (χ2v) is 5.27. The summed E-state index contributed by atoms with van der Waals surface area (Å²) >= 11 is 0. The molecule has 0 fully saturated rings. The molecule has 0 radical (unpaired) electrons. The zero-order chi connectivity index (χ0) is 18.0. The summed E-state index contributed by atoms with van der Waals surface area (Å²) in [6, 6.07) is 8.22. The van der Waals surface area contributed by atoms with Crippen molar-refractivity contribution in [1.82, 2.24) is 0 Å². The lowest BCUT2D eigenvalue weighted by molar-refractivity contribution is -0.428. The Balaban J connectivity index is 1.90. The molecule has 1 aliphatic heterocycles. The normalized spacial score (nSPS) is 13.6. The first kappa shape index (κ1) is 17.0. The molecule has 0 bridgehead atoms. The summed E-state index contributed by atoms with van der Waals surface area (Å²) in [4.78, 5) is 12.8. The molecule has 0 amide bonds. The third-order valence-corrected chi connectivity index (χ3v) is 3.68. The first-order valence-corrected chi connectivity index (χ1v) is 7.32. The van der Waals surface area contributed by atoms with Crippen LogP contribution in [-0.2, 0) is 12.8 Å². The molecule has 0 saturated heterocycles. The molecule has 0 unspecified atom stereocenters. The average molecular weight is 357 g/mol. The second-order valence-electron chi connectivity index (χ2n) is 5.27. The number of ether oxygens (including phenoxy) is 2. The fraction of sp³-hybridized carbons (Fsp3) is 0.250. The van der Waals surface area contributed by atoms with Gasteiger partial charge in [-0.2, -0.15) is 17.6 Å². The summed E-state index contributed by atoms with van der Waals surface area (Å²) in [6.07, 6.45) is 0.725. The van der Waals surface area contributed by atoms with E-state index in [9.17, 15) is 22.5 Å². The molecule has 1 N–H and O–H groups in total. The van der Waals surface area contributed by atoms with Crippen LogP contribution in [0.3, 0.4) is 0 Å². The highest BCUT2D eigenvalue weighted by atomic mass is 19.3. The Bertz CT molecular complexity index is 799. The number of hydrogen-bond donors (Lipinski definition) is 1.